The minimum atomic E-state index is -3.77. The third kappa shape index (κ3) is 5.99. The van der Waals surface area contributed by atoms with E-state index < -0.39 is 10.0 Å². The zero-order valence-electron chi connectivity index (χ0n) is 18.7. The summed E-state index contributed by atoms with van der Waals surface area (Å²) in [6.07, 6.45) is 0.128. The summed E-state index contributed by atoms with van der Waals surface area (Å²) in [4.78, 5) is 12.4. The average Bonchev–Trinajstić information content (AvgIpc) is 2.80. The standard InChI is InChI=1S/C23H30N2O6S/c1-17(2)18-4-7-20(8-5-18)31-13-10-23(26)24-19-6-9-21(29-3)22(16-19)32(27,28)25-11-14-30-15-12-25/h4-9,16-17H,10-15H2,1-3H3,(H,24,26). The number of amides is 1. The summed E-state index contributed by atoms with van der Waals surface area (Å²) >= 11 is 0. The molecule has 0 radical (unpaired) electrons. The summed E-state index contributed by atoms with van der Waals surface area (Å²) in [6.45, 7) is 5.70. The van der Waals surface area contributed by atoms with E-state index in [0.717, 1.165) is 0 Å². The van der Waals surface area contributed by atoms with Gasteiger partial charge in [0.15, 0.2) is 0 Å². The van der Waals surface area contributed by atoms with Crippen LogP contribution in [0.3, 0.4) is 0 Å². The molecule has 1 saturated heterocycles. The zero-order chi connectivity index (χ0) is 23.1. The molecule has 0 aliphatic carbocycles. The van der Waals surface area contributed by atoms with Crippen LogP contribution in [0.15, 0.2) is 47.4 Å². The van der Waals surface area contributed by atoms with Gasteiger partial charge in [0.2, 0.25) is 15.9 Å². The lowest BCUT2D eigenvalue weighted by Crippen LogP contribution is -2.40. The monoisotopic (exact) mass is 462 g/mol. The Labute approximate surface area is 189 Å². The van der Waals surface area contributed by atoms with Crippen LogP contribution >= 0.6 is 0 Å². The lowest BCUT2D eigenvalue weighted by Gasteiger charge is -2.26. The van der Waals surface area contributed by atoms with Crippen molar-refractivity contribution < 1.29 is 27.4 Å². The van der Waals surface area contributed by atoms with Crippen LogP contribution < -0.4 is 14.8 Å². The normalized spacial score (nSPS) is 14.9. The first-order valence-electron chi connectivity index (χ1n) is 10.6. The lowest BCUT2D eigenvalue weighted by atomic mass is 10.0. The topological polar surface area (TPSA) is 94.2 Å². The largest absolute Gasteiger partial charge is 0.495 e. The Morgan fingerprint density at radius 1 is 1.12 bits per heavy atom. The third-order valence-corrected chi connectivity index (χ3v) is 7.10. The van der Waals surface area contributed by atoms with Gasteiger partial charge in [-0.2, -0.15) is 4.31 Å². The number of rotatable bonds is 9. The van der Waals surface area contributed by atoms with E-state index in [4.69, 9.17) is 14.2 Å². The van der Waals surface area contributed by atoms with E-state index in [1.807, 2.05) is 24.3 Å². The van der Waals surface area contributed by atoms with Crippen LogP contribution in [0.25, 0.3) is 0 Å². The molecule has 2 aromatic rings. The van der Waals surface area contributed by atoms with Crippen LogP contribution in [-0.4, -0.2) is 58.7 Å². The van der Waals surface area contributed by atoms with Gasteiger partial charge in [-0.25, -0.2) is 8.42 Å². The molecule has 0 spiro atoms. The second kappa shape index (κ2) is 10.8. The first-order valence-corrected chi connectivity index (χ1v) is 12.0. The van der Waals surface area contributed by atoms with E-state index in [1.54, 1.807) is 6.07 Å². The van der Waals surface area contributed by atoms with Crippen molar-refractivity contribution in [1.29, 1.82) is 0 Å². The second-order valence-corrected chi connectivity index (χ2v) is 9.66. The van der Waals surface area contributed by atoms with Crippen LogP contribution in [0.5, 0.6) is 11.5 Å². The molecule has 1 N–H and O–H groups in total. The van der Waals surface area contributed by atoms with E-state index in [2.05, 4.69) is 19.2 Å². The number of ether oxygens (including phenoxy) is 3. The Morgan fingerprint density at radius 3 is 2.44 bits per heavy atom. The van der Waals surface area contributed by atoms with Gasteiger partial charge in [0, 0.05) is 18.8 Å². The smallest absolute Gasteiger partial charge is 0.246 e. The second-order valence-electron chi connectivity index (χ2n) is 7.75. The number of anilines is 1. The number of sulfonamides is 1. The van der Waals surface area contributed by atoms with Crippen molar-refractivity contribution in [2.75, 3.05) is 45.3 Å². The number of benzene rings is 2. The minimum Gasteiger partial charge on any atom is -0.495 e. The molecule has 0 atom stereocenters. The molecular weight excluding hydrogens is 432 g/mol. The molecule has 1 heterocycles. The van der Waals surface area contributed by atoms with E-state index in [1.165, 1.54) is 29.1 Å². The van der Waals surface area contributed by atoms with Gasteiger partial charge in [0.25, 0.3) is 0 Å². The number of carbonyl (C=O) groups excluding carboxylic acids is 1. The molecule has 0 bridgehead atoms. The first-order chi connectivity index (χ1) is 15.3. The molecule has 2 aromatic carbocycles. The fraction of sp³-hybridized carbons (Fsp3) is 0.435. The SMILES string of the molecule is COc1ccc(NC(=O)CCOc2ccc(C(C)C)cc2)cc1S(=O)(=O)N1CCOCC1. The molecule has 1 aliphatic heterocycles. The van der Waals surface area contributed by atoms with E-state index in [9.17, 15) is 13.2 Å². The summed E-state index contributed by atoms with van der Waals surface area (Å²) in [7, 11) is -2.36. The Hall–Kier alpha value is -2.62. The molecule has 1 fully saturated rings. The fourth-order valence-corrected chi connectivity index (χ4v) is 4.91. The maximum Gasteiger partial charge on any atom is 0.246 e. The molecule has 174 valence electrons. The molecule has 3 rings (SSSR count). The highest BCUT2D eigenvalue weighted by atomic mass is 32.2. The van der Waals surface area contributed by atoms with Crippen LogP contribution in [0.4, 0.5) is 5.69 Å². The molecule has 1 amide bonds. The number of carbonyl (C=O) groups is 1. The Morgan fingerprint density at radius 2 is 1.81 bits per heavy atom. The van der Waals surface area contributed by atoms with Crippen molar-refractivity contribution in [3.05, 3.63) is 48.0 Å². The molecule has 8 nitrogen and oxygen atoms in total. The van der Waals surface area contributed by atoms with E-state index in [-0.39, 0.29) is 42.7 Å². The highest BCUT2D eigenvalue weighted by molar-refractivity contribution is 7.89. The van der Waals surface area contributed by atoms with Crippen LogP contribution in [-0.2, 0) is 19.6 Å². The molecule has 0 unspecified atom stereocenters. The van der Waals surface area contributed by atoms with Crippen LogP contribution in [0.2, 0.25) is 0 Å². The van der Waals surface area contributed by atoms with Gasteiger partial charge in [-0.1, -0.05) is 26.0 Å². The zero-order valence-corrected chi connectivity index (χ0v) is 19.5. The highest BCUT2D eigenvalue weighted by Crippen LogP contribution is 2.30. The fourth-order valence-electron chi connectivity index (χ4n) is 3.32. The summed E-state index contributed by atoms with van der Waals surface area (Å²) < 4.78 is 43.6. The maximum atomic E-state index is 13.1. The summed E-state index contributed by atoms with van der Waals surface area (Å²) in [5.41, 5.74) is 1.60. The first kappa shape index (κ1) is 24.0. The number of morpholine rings is 1. The van der Waals surface area contributed by atoms with Crippen LogP contribution in [0.1, 0.15) is 31.7 Å². The van der Waals surface area contributed by atoms with Gasteiger partial charge in [0.1, 0.15) is 16.4 Å². The molecular formula is C23H30N2O6S. The van der Waals surface area contributed by atoms with Crippen molar-refractivity contribution in [3.8, 4) is 11.5 Å². The quantitative estimate of drug-likeness (QED) is 0.615. The maximum absolute atomic E-state index is 13.1. The van der Waals surface area contributed by atoms with E-state index in [0.29, 0.717) is 30.6 Å². The summed E-state index contributed by atoms with van der Waals surface area (Å²) in [5, 5.41) is 2.74. The average molecular weight is 463 g/mol. The number of nitrogens with zero attached hydrogens (tertiary/aromatic N) is 1. The van der Waals surface area contributed by atoms with Gasteiger partial charge < -0.3 is 19.5 Å². The number of methoxy groups -OCH3 is 1. The number of nitrogens with one attached hydrogen (secondary N) is 1. The Bertz CT molecular complexity index is 1020. The van der Waals surface area contributed by atoms with Crippen molar-refractivity contribution >= 4 is 21.6 Å². The van der Waals surface area contributed by atoms with E-state index >= 15 is 0 Å². The van der Waals surface area contributed by atoms with Gasteiger partial charge >= 0.3 is 0 Å². The van der Waals surface area contributed by atoms with Crippen molar-refractivity contribution in [3.63, 3.8) is 0 Å². The Kier molecular flexibility index (Phi) is 8.11. The Balaban J connectivity index is 1.61. The van der Waals surface area contributed by atoms with Gasteiger partial charge in [0.05, 0.1) is 33.4 Å². The molecule has 9 heteroatoms. The van der Waals surface area contributed by atoms with Gasteiger partial charge in [-0.05, 0) is 41.8 Å². The summed E-state index contributed by atoms with van der Waals surface area (Å²) in [6, 6.07) is 12.4. The number of hydrogen-bond acceptors (Lipinski definition) is 6. The number of hydrogen-bond donors (Lipinski definition) is 1. The highest BCUT2D eigenvalue weighted by Gasteiger charge is 2.29. The molecule has 0 saturated carbocycles. The van der Waals surface area contributed by atoms with Crippen LogP contribution in [0, 0.1) is 0 Å². The molecule has 1 aliphatic rings. The summed E-state index contributed by atoms with van der Waals surface area (Å²) in [5.74, 6) is 1.09. The van der Waals surface area contributed by atoms with Crippen molar-refractivity contribution in [1.82, 2.24) is 4.31 Å². The van der Waals surface area contributed by atoms with Gasteiger partial charge in [-0.15, -0.1) is 0 Å². The predicted octanol–water partition coefficient (Wildman–Crippen LogP) is 3.25. The predicted molar refractivity (Wildman–Crippen MR) is 122 cm³/mol. The van der Waals surface area contributed by atoms with Crippen molar-refractivity contribution in [2.24, 2.45) is 0 Å². The molecule has 32 heavy (non-hydrogen) atoms. The lowest BCUT2D eigenvalue weighted by molar-refractivity contribution is -0.116. The minimum absolute atomic E-state index is 0.0150. The van der Waals surface area contributed by atoms with Gasteiger partial charge in [-0.3, -0.25) is 4.79 Å². The third-order valence-electron chi connectivity index (χ3n) is 5.18. The molecule has 0 aromatic heterocycles. The van der Waals surface area contributed by atoms with Crippen molar-refractivity contribution in [2.45, 2.75) is 31.1 Å².